The van der Waals surface area contributed by atoms with Gasteiger partial charge in [0.2, 0.25) is 5.88 Å². The van der Waals surface area contributed by atoms with Gasteiger partial charge in [0.15, 0.2) is 0 Å². The molecule has 1 unspecified atom stereocenters. The number of hydrogen-bond acceptors (Lipinski definition) is 4. The maximum absolute atomic E-state index is 8.90. The molecule has 0 saturated carbocycles. The van der Waals surface area contributed by atoms with E-state index >= 15 is 0 Å². The Kier molecular flexibility index (Phi) is 7.24. The summed E-state index contributed by atoms with van der Waals surface area (Å²) >= 11 is 0. The van der Waals surface area contributed by atoms with E-state index < -0.39 is 0 Å². The van der Waals surface area contributed by atoms with Crippen LogP contribution in [-0.2, 0) is 0 Å². The molecule has 2 heterocycles. The van der Waals surface area contributed by atoms with E-state index in [9.17, 15) is 0 Å². The van der Waals surface area contributed by atoms with Crippen molar-refractivity contribution in [2.24, 2.45) is 0 Å². The fraction of sp³-hybridized carbons (Fsp3) is 0.571. The number of nitrogens with one attached hydrogen (secondary N) is 1. The fourth-order valence-electron chi connectivity index (χ4n) is 2.26. The molecule has 1 fully saturated rings. The molecule has 1 N–H and O–H groups in total. The summed E-state index contributed by atoms with van der Waals surface area (Å²) in [6.07, 6.45) is 7.68. The molecule has 0 amide bonds. The zero-order valence-electron chi connectivity index (χ0n) is 11.0. The Morgan fingerprint density at radius 1 is 1.47 bits per heavy atom. The molecule has 0 aromatic carbocycles. The maximum Gasteiger partial charge on any atom is 0.231 e. The van der Waals surface area contributed by atoms with Gasteiger partial charge < -0.3 is 10.1 Å². The molecule has 2 rings (SSSR count). The lowest BCUT2D eigenvalue weighted by Gasteiger charge is -2.23. The smallest absolute Gasteiger partial charge is 0.231 e. The van der Waals surface area contributed by atoms with E-state index in [0.717, 1.165) is 19.4 Å². The zero-order chi connectivity index (χ0) is 12.6. The predicted molar refractivity (Wildman–Crippen MR) is 76.6 cm³/mol. The second kappa shape index (κ2) is 8.73. The van der Waals surface area contributed by atoms with Crippen molar-refractivity contribution < 1.29 is 4.74 Å². The molecule has 1 aliphatic heterocycles. The third kappa shape index (κ3) is 5.06. The summed E-state index contributed by atoms with van der Waals surface area (Å²) in [5, 5.41) is 12.4. The van der Waals surface area contributed by atoms with Crippen molar-refractivity contribution >= 4 is 12.4 Å². The first-order valence-electron chi connectivity index (χ1n) is 6.61. The molecule has 1 atom stereocenters. The van der Waals surface area contributed by atoms with Crippen molar-refractivity contribution in [3.8, 4) is 11.9 Å². The Morgan fingerprint density at radius 2 is 2.37 bits per heavy atom. The molecule has 4 nitrogen and oxygen atoms in total. The summed E-state index contributed by atoms with van der Waals surface area (Å²) in [7, 11) is 0. The Balaban J connectivity index is 0.00000180. The van der Waals surface area contributed by atoms with E-state index in [2.05, 4.69) is 16.4 Å². The summed E-state index contributed by atoms with van der Waals surface area (Å²) in [6.45, 7) is 1.77. The number of nitriles is 1. The SMILES string of the molecule is Cl.N#Cc1cccnc1OCCCC1CCCCN1. The minimum atomic E-state index is 0. The van der Waals surface area contributed by atoms with Gasteiger partial charge in [-0.15, -0.1) is 12.4 Å². The van der Waals surface area contributed by atoms with Crippen LogP contribution in [0.2, 0.25) is 0 Å². The van der Waals surface area contributed by atoms with Gasteiger partial charge in [0, 0.05) is 12.2 Å². The number of halogens is 1. The summed E-state index contributed by atoms with van der Waals surface area (Å²) in [6, 6.07) is 6.20. The number of aromatic nitrogens is 1. The Bertz CT molecular complexity index is 413. The van der Waals surface area contributed by atoms with Crippen LogP contribution in [0.15, 0.2) is 18.3 Å². The molecule has 104 valence electrons. The number of ether oxygens (including phenoxy) is 1. The molecule has 19 heavy (non-hydrogen) atoms. The molecule has 0 bridgehead atoms. The average molecular weight is 282 g/mol. The molecule has 1 aromatic heterocycles. The minimum Gasteiger partial charge on any atom is -0.477 e. The van der Waals surface area contributed by atoms with Gasteiger partial charge in [0.1, 0.15) is 11.6 Å². The van der Waals surface area contributed by atoms with Gasteiger partial charge >= 0.3 is 0 Å². The van der Waals surface area contributed by atoms with Gasteiger partial charge in [-0.05, 0) is 44.4 Å². The standard InChI is InChI=1S/C14H19N3O.ClH/c15-11-12-5-3-9-17-14(12)18-10-4-7-13-6-1-2-8-16-13;/h3,5,9,13,16H,1-2,4,6-8,10H2;1H. The topological polar surface area (TPSA) is 57.9 Å². The highest BCUT2D eigenvalue weighted by molar-refractivity contribution is 5.85. The van der Waals surface area contributed by atoms with Crippen molar-refractivity contribution in [2.45, 2.75) is 38.1 Å². The molecule has 0 radical (unpaired) electrons. The maximum atomic E-state index is 8.90. The summed E-state index contributed by atoms with van der Waals surface area (Å²) in [5.74, 6) is 0.455. The van der Waals surface area contributed by atoms with E-state index in [1.54, 1.807) is 18.3 Å². The lowest BCUT2D eigenvalue weighted by molar-refractivity contribution is 0.276. The van der Waals surface area contributed by atoms with Crippen LogP contribution in [-0.4, -0.2) is 24.2 Å². The minimum absolute atomic E-state index is 0. The number of hydrogen-bond donors (Lipinski definition) is 1. The lowest BCUT2D eigenvalue weighted by atomic mass is 10.0. The molecular formula is C14H20ClN3O. The molecule has 1 saturated heterocycles. The van der Waals surface area contributed by atoms with Gasteiger partial charge in [0.25, 0.3) is 0 Å². The third-order valence-corrected chi connectivity index (χ3v) is 3.24. The predicted octanol–water partition coefficient (Wildman–Crippen LogP) is 2.68. The first-order chi connectivity index (χ1) is 8.90. The lowest BCUT2D eigenvalue weighted by Crippen LogP contribution is -2.34. The van der Waals surface area contributed by atoms with Crippen LogP contribution in [0.4, 0.5) is 0 Å². The van der Waals surface area contributed by atoms with Gasteiger partial charge in [-0.2, -0.15) is 5.26 Å². The highest BCUT2D eigenvalue weighted by Gasteiger charge is 2.12. The summed E-state index contributed by atoms with van der Waals surface area (Å²) in [4.78, 5) is 4.07. The monoisotopic (exact) mass is 281 g/mol. The third-order valence-electron chi connectivity index (χ3n) is 3.24. The molecule has 5 heteroatoms. The quantitative estimate of drug-likeness (QED) is 0.843. The molecule has 1 aliphatic rings. The average Bonchev–Trinajstić information content (AvgIpc) is 2.45. The Morgan fingerprint density at radius 3 is 3.11 bits per heavy atom. The van der Waals surface area contributed by atoms with Crippen molar-refractivity contribution in [1.82, 2.24) is 10.3 Å². The van der Waals surface area contributed by atoms with Crippen LogP contribution in [0, 0.1) is 11.3 Å². The first kappa shape index (κ1) is 15.7. The van der Waals surface area contributed by atoms with Gasteiger partial charge in [-0.25, -0.2) is 4.98 Å². The van der Waals surface area contributed by atoms with Crippen LogP contribution < -0.4 is 10.1 Å². The van der Waals surface area contributed by atoms with Gasteiger partial charge in [-0.3, -0.25) is 0 Å². The normalized spacial score (nSPS) is 18.2. The molecular weight excluding hydrogens is 262 g/mol. The number of rotatable bonds is 5. The van der Waals surface area contributed by atoms with Crippen LogP contribution in [0.3, 0.4) is 0 Å². The number of piperidine rings is 1. The second-order valence-corrected chi connectivity index (χ2v) is 4.61. The highest BCUT2D eigenvalue weighted by atomic mass is 35.5. The van der Waals surface area contributed by atoms with Crippen molar-refractivity contribution in [3.05, 3.63) is 23.9 Å². The van der Waals surface area contributed by atoms with Gasteiger partial charge in [0.05, 0.1) is 6.61 Å². The largest absolute Gasteiger partial charge is 0.477 e. The highest BCUT2D eigenvalue weighted by Crippen LogP contribution is 2.15. The van der Waals surface area contributed by atoms with E-state index in [1.807, 2.05) is 0 Å². The van der Waals surface area contributed by atoms with Crippen LogP contribution >= 0.6 is 12.4 Å². The zero-order valence-corrected chi connectivity index (χ0v) is 11.8. The molecule has 0 spiro atoms. The number of nitrogens with zero attached hydrogens (tertiary/aromatic N) is 2. The van der Waals surface area contributed by atoms with Crippen LogP contribution in [0.5, 0.6) is 5.88 Å². The Labute approximate surface area is 120 Å². The molecule has 1 aromatic rings. The van der Waals surface area contributed by atoms with E-state index in [4.69, 9.17) is 10.00 Å². The summed E-state index contributed by atoms with van der Waals surface area (Å²) in [5.41, 5.74) is 0.508. The van der Waals surface area contributed by atoms with Crippen molar-refractivity contribution in [1.29, 1.82) is 5.26 Å². The fourth-order valence-corrected chi connectivity index (χ4v) is 2.26. The van der Waals surface area contributed by atoms with Gasteiger partial charge in [-0.1, -0.05) is 6.42 Å². The molecule has 0 aliphatic carbocycles. The van der Waals surface area contributed by atoms with Crippen molar-refractivity contribution in [2.75, 3.05) is 13.2 Å². The van der Waals surface area contributed by atoms with E-state index in [-0.39, 0.29) is 12.4 Å². The number of pyridine rings is 1. The second-order valence-electron chi connectivity index (χ2n) is 4.61. The van der Waals surface area contributed by atoms with E-state index in [1.165, 1.54) is 19.3 Å². The van der Waals surface area contributed by atoms with Crippen molar-refractivity contribution in [3.63, 3.8) is 0 Å². The Hall–Kier alpha value is -1.31. The van der Waals surface area contributed by atoms with Crippen LogP contribution in [0.1, 0.15) is 37.7 Å². The van der Waals surface area contributed by atoms with Crippen LogP contribution in [0.25, 0.3) is 0 Å². The van der Waals surface area contributed by atoms with E-state index in [0.29, 0.717) is 24.1 Å². The first-order valence-corrected chi connectivity index (χ1v) is 6.61. The summed E-state index contributed by atoms with van der Waals surface area (Å²) < 4.78 is 5.56.